The molecule has 2 aromatic rings. The largest absolute Gasteiger partial charge is 0.739 e. The van der Waals surface area contributed by atoms with Gasteiger partial charge in [0.15, 0.2) is 5.52 Å². The van der Waals surface area contributed by atoms with Gasteiger partial charge < -0.3 is 15.3 Å². The zero-order chi connectivity index (χ0) is 17.0. The van der Waals surface area contributed by atoms with E-state index in [1.165, 1.54) is 12.1 Å². The standard InChI is InChI=1S/C13H18N6O4/c1-3-16(4-2)8-7-14-13-15-18(21)12-9-10(19(22)23)5-6-11(12)17(13)20/h5-6,9H,3-4,7-8H2,1-2H3,(H,14,15). The van der Waals surface area contributed by atoms with Gasteiger partial charge in [0.1, 0.15) is 0 Å². The fourth-order valence-electron chi connectivity index (χ4n) is 2.22. The summed E-state index contributed by atoms with van der Waals surface area (Å²) in [6, 6.07) is 3.45. The monoisotopic (exact) mass is 322 g/mol. The number of hydrogen-bond acceptors (Lipinski definition) is 7. The highest BCUT2D eigenvalue weighted by Gasteiger charge is 2.22. The summed E-state index contributed by atoms with van der Waals surface area (Å²) in [7, 11) is 0. The molecule has 10 nitrogen and oxygen atoms in total. The van der Waals surface area contributed by atoms with Crippen LogP contribution in [0, 0.1) is 20.5 Å². The lowest BCUT2D eigenvalue weighted by molar-refractivity contribution is -0.672. The molecular formula is C13H18N6O4. The van der Waals surface area contributed by atoms with Crippen LogP contribution in [0.15, 0.2) is 18.2 Å². The number of hydrogen-bond donors (Lipinski definition) is 1. The zero-order valence-corrected chi connectivity index (χ0v) is 12.9. The van der Waals surface area contributed by atoms with Crippen molar-refractivity contribution in [2.75, 3.05) is 31.5 Å². The van der Waals surface area contributed by atoms with Gasteiger partial charge in [0.05, 0.1) is 17.5 Å². The summed E-state index contributed by atoms with van der Waals surface area (Å²) in [5, 5.41) is 41.3. The van der Waals surface area contributed by atoms with Crippen LogP contribution in [0.25, 0.3) is 11.0 Å². The van der Waals surface area contributed by atoms with Crippen LogP contribution < -0.4 is 14.9 Å². The van der Waals surface area contributed by atoms with Gasteiger partial charge in [-0.2, -0.15) is 0 Å². The van der Waals surface area contributed by atoms with E-state index in [0.717, 1.165) is 19.2 Å². The lowest BCUT2D eigenvalue weighted by atomic mass is 10.3. The summed E-state index contributed by atoms with van der Waals surface area (Å²) in [4.78, 5) is 12.5. The van der Waals surface area contributed by atoms with Crippen molar-refractivity contribution in [2.45, 2.75) is 13.8 Å². The summed E-state index contributed by atoms with van der Waals surface area (Å²) in [5.41, 5.74) is -0.402. The molecule has 1 aromatic carbocycles. The number of nitrogens with one attached hydrogen (secondary N) is 1. The summed E-state index contributed by atoms with van der Waals surface area (Å²) < 4.78 is 0.468. The predicted octanol–water partition coefficient (Wildman–Crippen LogP) is 0.164. The van der Waals surface area contributed by atoms with E-state index in [4.69, 9.17) is 0 Å². The number of nitro groups is 1. The maximum Gasteiger partial charge on any atom is 0.461 e. The van der Waals surface area contributed by atoms with Gasteiger partial charge in [0.25, 0.3) is 5.69 Å². The topological polar surface area (TPSA) is 125 Å². The SMILES string of the molecule is CCN(CC)CCNc1n[n+]([O-])c2cc([N+](=O)[O-])ccc2[n+]1[O-]. The Morgan fingerprint density at radius 1 is 1.26 bits per heavy atom. The first-order chi connectivity index (χ1) is 11.0. The second-order valence-corrected chi connectivity index (χ2v) is 4.87. The Morgan fingerprint density at radius 3 is 2.57 bits per heavy atom. The average Bonchev–Trinajstić information content (AvgIpc) is 2.55. The molecule has 23 heavy (non-hydrogen) atoms. The fourth-order valence-corrected chi connectivity index (χ4v) is 2.22. The Hall–Kier alpha value is -2.75. The maximum absolute atomic E-state index is 12.2. The van der Waals surface area contributed by atoms with Crippen LogP contribution in [0.5, 0.6) is 0 Å². The molecule has 0 bridgehead atoms. The third kappa shape index (κ3) is 3.54. The minimum Gasteiger partial charge on any atom is -0.739 e. The van der Waals surface area contributed by atoms with E-state index in [-0.39, 0.29) is 27.5 Å². The predicted molar refractivity (Wildman–Crippen MR) is 82.6 cm³/mol. The van der Waals surface area contributed by atoms with E-state index in [1.54, 1.807) is 0 Å². The molecule has 0 atom stereocenters. The molecule has 1 N–H and O–H groups in total. The van der Waals surface area contributed by atoms with E-state index in [1.807, 2.05) is 13.8 Å². The van der Waals surface area contributed by atoms with Crippen molar-refractivity contribution in [1.29, 1.82) is 0 Å². The van der Waals surface area contributed by atoms with Crippen molar-refractivity contribution in [3.63, 3.8) is 0 Å². The van der Waals surface area contributed by atoms with Crippen LogP contribution in [-0.4, -0.2) is 41.1 Å². The van der Waals surface area contributed by atoms with Crippen LogP contribution >= 0.6 is 0 Å². The van der Waals surface area contributed by atoms with E-state index >= 15 is 0 Å². The summed E-state index contributed by atoms with van der Waals surface area (Å²) in [6.45, 7) is 6.98. The third-order valence-electron chi connectivity index (χ3n) is 3.58. The Labute approximate surface area is 132 Å². The van der Waals surface area contributed by atoms with Crippen molar-refractivity contribution in [1.82, 2.24) is 10.00 Å². The zero-order valence-electron chi connectivity index (χ0n) is 12.9. The number of rotatable bonds is 7. The van der Waals surface area contributed by atoms with Crippen LogP contribution in [0.4, 0.5) is 11.6 Å². The number of aromatic nitrogens is 3. The van der Waals surface area contributed by atoms with Gasteiger partial charge in [-0.3, -0.25) is 15.4 Å². The first-order valence-electron chi connectivity index (χ1n) is 7.25. The summed E-state index contributed by atoms with van der Waals surface area (Å²) >= 11 is 0. The van der Waals surface area contributed by atoms with Crippen molar-refractivity contribution in [2.24, 2.45) is 0 Å². The molecule has 10 heteroatoms. The molecule has 1 heterocycles. The third-order valence-corrected chi connectivity index (χ3v) is 3.58. The number of fused-ring (bicyclic) bond motifs is 1. The summed E-state index contributed by atoms with van der Waals surface area (Å²) in [5.74, 6) is -0.131. The van der Waals surface area contributed by atoms with Crippen LogP contribution in [0.1, 0.15) is 13.8 Å². The van der Waals surface area contributed by atoms with Crippen LogP contribution in [-0.2, 0) is 0 Å². The van der Waals surface area contributed by atoms with Crippen LogP contribution in [0.3, 0.4) is 0 Å². The normalized spacial score (nSPS) is 11.1. The minimum absolute atomic E-state index is 0.0194. The van der Waals surface area contributed by atoms with E-state index in [2.05, 4.69) is 15.3 Å². The molecule has 0 spiro atoms. The number of likely N-dealkylation sites (N-methyl/N-ethyl adjacent to an activating group) is 1. The lowest BCUT2D eigenvalue weighted by Crippen LogP contribution is -2.45. The number of benzene rings is 1. The molecule has 0 saturated carbocycles. The molecule has 0 aliphatic carbocycles. The maximum atomic E-state index is 12.2. The van der Waals surface area contributed by atoms with Gasteiger partial charge in [0, 0.05) is 17.5 Å². The lowest BCUT2D eigenvalue weighted by Gasteiger charge is -2.17. The molecule has 124 valence electrons. The molecule has 0 amide bonds. The first-order valence-corrected chi connectivity index (χ1v) is 7.25. The molecule has 1 aromatic heterocycles. The molecule has 0 aliphatic rings. The molecule has 0 unspecified atom stereocenters. The second-order valence-electron chi connectivity index (χ2n) is 4.87. The van der Waals surface area contributed by atoms with Crippen molar-refractivity contribution < 1.29 is 14.5 Å². The smallest absolute Gasteiger partial charge is 0.461 e. The molecule has 0 aliphatic heterocycles. The average molecular weight is 322 g/mol. The molecule has 0 radical (unpaired) electrons. The van der Waals surface area contributed by atoms with Gasteiger partial charge in [-0.15, -0.1) is 0 Å². The van der Waals surface area contributed by atoms with Crippen molar-refractivity contribution in [3.8, 4) is 0 Å². The highest BCUT2D eigenvalue weighted by molar-refractivity contribution is 5.71. The highest BCUT2D eigenvalue weighted by Crippen LogP contribution is 2.15. The van der Waals surface area contributed by atoms with Gasteiger partial charge in [0.2, 0.25) is 5.10 Å². The molecular weight excluding hydrogens is 304 g/mol. The number of non-ortho nitro benzene ring substituents is 1. The highest BCUT2D eigenvalue weighted by atomic mass is 16.6. The van der Waals surface area contributed by atoms with Gasteiger partial charge >= 0.3 is 11.5 Å². The summed E-state index contributed by atoms with van der Waals surface area (Å²) in [6.07, 6.45) is 0. The fraction of sp³-hybridized carbons (Fsp3) is 0.462. The van der Waals surface area contributed by atoms with E-state index in [0.29, 0.717) is 17.8 Å². The Balaban J connectivity index is 2.27. The number of nitrogens with zero attached hydrogens (tertiary/aromatic N) is 5. The Kier molecular flexibility index (Phi) is 5.06. The van der Waals surface area contributed by atoms with Crippen molar-refractivity contribution >= 4 is 22.7 Å². The molecule has 0 fully saturated rings. The molecule has 0 saturated heterocycles. The molecule has 2 rings (SSSR count). The quantitative estimate of drug-likeness (QED) is 0.333. The van der Waals surface area contributed by atoms with E-state index in [9.17, 15) is 20.5 Å². The van der Waals surface area contributed by atoms with Crippen LogP contribution in [0.2, 0.25) is 0 Å². The number of nitro benzene ring substituents is 1. The second kappa shape index (κ2) is 7.01. The minimum atomic E-state index is -0.634. The Morgan fingerprint density at radius 2 is 1.96 bits per heavy atom. The van der Waals surface area contributed by atoms with Gasteiger partial charge in [-0.05, 0) is 19.2 Å². The first kappa shape index (κ1) is 16.6. The van der Waals surface area contributed by atoms with Gasteiger partial charge in [-0.1, -0.05) is 13.8 Å². The van der Waals surface area contributed by atoms with Crippen molar-refractivity contribution in [3.05, 3.63) is 38.7 Å². The number of anilines is 1. The Bertz CT molecular complexity index is 719. The van der Waals surface area contributed by atoms with E-state index < -0.39 is 4.92 Å². The van der Waals surface area contributed by atoms with Gasteiger partial charge in [-0.25, -0.2) is 4.73 Å².